The molecule has 1 aromatic heterocycles. The lowest BCUT2D eigenvalue weighted by molar-refractivity contribution is 0.00569. The molecule has 0 saturated heterocycles. The molecule has 0 N–H and O–H groups in total. The third-order valence-electron chi connectivity index (χ3n) is 2.20. The van der Waals surface area contributed by atoms with Crippen molar-refractivity contribution in [2.75, 3.05) is 46.8 Å². The molecule has 0 aliphatic carbocycles. The van der Waals surface area contributed by atoms with Crippen LogP contribution in [0.1, 0.15) is 10.4 Å². The van der Waals surface area contributed by atoms with Gasteiger partial charge in [0.2, 0.25) is 0 Å². The lowest BCUT2D eigenvalue weighted by atomic mass is 10.3. The number of rotatable bonds is 10. The predicted octanol–water partition coefficient (Wildman–Crippen LogP) is 1.62. The number of carbonyl (C=O) groups is 1. The van der Waals surface area contributed by atoms with Gasteiger partial charge in [-0.2, -0.15) is 0 Å². The number of nitrogens with zero attached hydrogens (tertiary/aromatic N) is 2. The van der Waals surface area contributed by atoms with Gasteiger partial charge in [-0.3, -0.25) is 0 Å². The minimum Gasteiger partial charge on any atom is -0.460 e. The predicted molar refractivity (Wildman–Crippen MR) is 75.8 cm³/mol. The van der Waals surface area contributed by atoms with Crippen molar-refractivity contribution in [3.8, 4) is 0 Å². The van der Waals surface area contributed by atoms with Gasteiger partial charge in [-0.05, 0) is 6.07 Å². The zero-order valence-electron chi connectivity index (χ0n) is 11.5. The summed E-state index contributed by atoms with van der Waals surface area (Å²) in [5.41, 5.74) is 0.0690. The van der Waals surface area contributed by atoms with Crippen LogP contribution in [0.15, 0.2) is 6.07 Å². The van der Waals surface area contributed by atoms with Crippen molar-refractivity contribution in [1.29, 1.82) is 0 Å². The molecule has 0 unspecified atom stereocenters. The van der Waals surface area contributed by atoms with Gasteiger partial charge in [0.1, 0.15) is 12.2 Å². The van der Waals surface area contributed by atoms with E-state index in [9.17, 15) is 4.79 Å². The molecule has 0 atom stereocenters. The van der Waals surface area contributed by atoms with Crippen LogP contribution in [0.5, 0.6) is 0 Å². The van der Waals surface area contributed by atoms with Crippen molar-refractivity contribution in [2.45, 2.75) is 0 Å². The van der Waals surface area contributed by atoms with Gasteiger partial charge >= 0.3 is 5.97 Å². The van der Waals surface area contributed by atoms with Gasteiger partial charge in [0.05, 0.1) is 33.0 Å². The zero-order valence-corrected chi connectivity index (χ0v) is 13.0. The minimum absolute atomic E-state index is 0.0585. The Bertz CT molecular complexity index is 448. The second-order valence-electron chi connectivity index (χ2n) is 3.73. The second-order valence-corrected chi connectivity index (χ2v) is 4.47. The molecule has 1 rings (SSSR count). The third-order valence-corrected chi connectivity index (χ3v) is 2.67. The Hall–Kier alpha value is -0.990. The maximum Gasteiger partial charge on any atom is 0.341 e. The van der Waals surface area contributed by atoms with Crippen LogP contribution >= 0.6 is 23.2 Å². The molecule has 9 heteroatoms. The van der Waals surface area contributed by atoms with Crippen molar-refractivity contribution in [1.82, 2.24) is 10.2 Å². The molecular formula is C12H16Cl2N2O5. The summed E-state index contributed by atoms with van der Waals surface area (Å²) in [6.07, 6.45) is 0. The molecule has 118 valence electrons. The van der Waals surface area contributed by atoms with Crippen molar-refractivity contribution >= 4 is 29.2 Å². The molecule has 0 bridgehead atoms. The molecule has 1 aromatic rings. The first kappa shape index (κ1) is 18.1. The lowest BCUT2D eigenvalue weighted by Crippen LogP contribution is -2.14. The first-order chi connectivity index (χ1) is 10.1. The molecule has 0 radical (unpaired) electrons. The molecule has 0 aliphatic rings. The number of ether oxygens (including phenoxy) is 4. The van der Waals surface area contributed by atoms with E-state index in [0.717, 1.165) is 0 Å². The van der Waals surface area contributed by atoms with E-state index in [1.807, 2.05) is 0 Å². The summed E-state index contributed by atoms with van der Waals surface area (Å²) in [6, 6.07) is 1.30. The molecule has 1 heterocycles. The van der Waals surface area contributed by atoms with Crippen molar-refractivity contribution < 1.29 is 23.7 Å². The van der Waals surface area contributed by atoms with Crippen LogP contribution in [0.3, 0.4) is 0 Å². The van der Waals surface area contributed by atoms with Crippen LogP contribution in [0.4, 0.5) is 0 Å². The van der Waals surface area contributed by atoms with Crippen molar-refractivity contribution in [3.05, 3.63) is 21.9 Å². The van der Waals surface area contributed by atoms with Crippen LogP contribution in [0, 0.1) is 0 Å². The van der Waals surface area contributed by atoms with Gasteiger partial charge in [-0.25, -0.2) is 4.79 Å². The van der Waals surface area contributed by atoms with E-state index in [-0.39, 0.29) is 29.1 Å². The van der Waals surface area contributed by atoms with Crippen molar-refractivity contribution in [2.24, 2.45) is 0 Å². The van der Waals surface area contributed by atoms with Gasteiger partial charge in [0.25, 0.3) is 0 Å². The van der Waals surface area contributed by atoms with Gasteiger partial charge in [0.15, 0.2) is 10.3 Å². The quantitative estimate of drug-likeness (QED) is 0.473. The van der Waals surface area contributed by atoms with Gasteiger partial charge in [-0.1, -0.05) is 23.2 Å². The zero-order chi connectivity index (χ0) is 15.5. The fourth-order valence-electron chi connectivity index (χ4n) is 1.23. The maximum atomic E-state index is 11.7. The average molecular weight is 339 g/mol. The average Bonchev–Trinajstić information content (AvgIpc) is 2.48. The molecule has 0 saturated carbocycles. The fraction of sp³-hybridized carbons (Fsp3) is 0.583. The van der Waals surface area contributed by atoms with E-state index in [2.05, 4.69) is 10.2 Å². The summed E-state index contributed by atoms with van der Waals surface area (Å²) in [4.78, 5) is 11.7. The SMILES string of the molecule is COCCOCCOCCOC(=O)c1cc(Cl)nnc1Cl. The highest BCUT2D eigenvalue weighted by molar-refractivity contribution is 6.33. The molecular weight excluding hydrogens is 323 g/mol. The lowest BCUT2D eigenvalue weighted by Gasteiger charge is -2.07. The Labute approximate surface area is 132 Å². The molecule has 0 fully saturated rings. The fourth-order valence-corrected chi connectivity index (χ4v) is 1.55. The summed E-state index contributed by atoms with van der Waals surface area (Å²) in [5.74, 6) is -0.628. The Morgan fingerprint density at radius 2 is 1.67 bits per heavy atom. The number of halogens is 2. The largest absolute Gasteiger partial charge is 0.460 e. The summed E-state index contributed by atoms with van der Waals surface area (Å²) in [7, 11) is 1.60. The van der Waals surface area contributed by atoms with Crippen LogP contribution in [0.25, 0.3) is 0 Å². The Kier molecular flexibility index (Phi) is 9.20. The van der Waals surface area contributed by atoms with E-state index in [0.29, 0.717) is 26.4 Å². The number of hydrogen-bond donors (Lipinski definition) is 0. The van der Waals surface area contributed by atoms with Gasteiger partial charge in [-0.15, -0.1) is 10.2 Å². The highest BCUT2D eigenvalue weighted by atomic mass is 35.5. The summed E-state index contributed by atoms with van der Waals surface area (Å²) >= 11 is 11.4. The van der Waals surface area contributed by atoms with E-state index in [4.69, 9.17) is 42.1 Å². The Morgan fingerprint density at radius 1 is 1.05 bits per heavy atom. The Balaban J connectivity index is 2.12. The number of esters is 1. The van der Waals surface area contributed by atoms with Crippen LogP contribution < -0.4 is 0 Å². The third kappa shape index (κ3) is 7.54. The Morgan fingerprint density at radius 3 is 2.33 bits per heavy atom. The van der Waals surface area contributed by atoms with Gasteiger partial charge in [0, 0.05) is 7.11 Å². The number of aromatic nitrogens is 2. The first-order valence-electron chi connectivity index (χ1n) is 6.15. The van der Waals surface area contributed by atoms with Crippen LogP contribution in [0.2, 0.25) is 10.3 Å². The normalized spacial score (nSPS) is 10.6. The van der Waals surface area contributed by atoms with Crippen LogP contribution in [-0.4, -0.2) is 62.9 Å². The van der Waals surface area contributed by atoms with E-state index >= 15 is 0 Å². The summed E-state index contributed by atoms with van der Waals surface area (Å²) in [6.45, 7) is 2.26. The summed E-state index contributed by atoms with van der Waals surface area (Å²) < 4.78 is 20.2. The monoisotopic (exact) mass is 338 g/mol. The van der Waals surface area contributed by atoms with Crippen molar-refractivity contribution in [3.63, 3.8) is 0 Å². The van der Waals surface area contributed by atoms with Gasteiger partial charge < -0.3 is 18.9 Å². The highest BCUT2D eigenvalue weighted by Gasteiger charge is 2.14. The topological polar surface area (TPSA) is 79.8 Å². The molecule has 0 aromatic carbocycles. The minimum atomic E-state index is -0.628. The number of carbonyl (C=O) groups excluding carboxylic acids is 1. The van der Waals surface area contributed by atoms with E-state index < -0.39 is 5.97 Å². The molecule has 0 spiro atoms. The highest BCUT2D eigenvalue weighted by Crippen LogP contribution is 2.16. The first-order valence-corrected chi connectivity index (χ1v) is 6.91. The molecule has 7 nitrogen and oxygen atoms in total. The second kappa shape index (κ2) is 10.7. The molecule has 21 heavy (non-hydrogen) atoms. The standard InChI is InChI=1S/C12H16Cl2N2O5/c1-18-2-3-19-4-5-20-6-7-21-12(17)9-8-10(13)15-16-11(9)14/h8H,2-7H2,1H3. The smallest absolute Gasteiger partial charge is 0.341 e. The summed E-state index contributed by atoms with van der Waals surface area (Å²) in [5, 5.41) is 7.03. The van der Waals surface area contributed by atoms with E-state index in [1.165, 1.54) is 6.07 Å². The van der Waals surface area contributed by atoms with E-state index in [1.54, 1.807) is 7.11 Å². The number of hydrogen-bond acceptors (Lipinski definition) is 7. The van der Waals surface area contributed by atoms with Crippen LogP contribution in [-0.2, 0) is 18.9 Å². The number of methoxy groups -OCH3 is 1. The molecule has 0 amide bonds. The molecule has 0 aliphatic heterocycles. The maximum absolute atomic E-state index is 11.7.